The zero-order valence-corrected chi connectivity index (χ0v) is 8.03. The minimum atomic E-state index is -0.0249. The van der Waals surface area contributed by atoms with Gasteiger partial charge in [-0.15, -0.1) is 0 Å². The van der Waals surface area contributed by atoms with Crippen LogP contribution in [0.25, 0.3) is 0 Å². The Labute approximate surface area is 74.6 Å². The quantitative estimate of drug-likeness (QED) is 0.669. The maximum Gasteiger partial charge on any atom is 0.0794 e. The smallest absolute Gasteiger partial charge is 0.0794 e. The van der Waals surface area contributed by atoms with Gasteiger partial charge in [0.15, 0.2) is 0 Å². The van der Waals surface area contributed by atoms with Crippen LogP contribution in [0, 0.1) is 11.8 Å². The van der Waals surface area contributed by atoms with Gasteiger partial charge in [-0.05, 0) is 24.7 Å². The zero-order chi connectivity index (χ0) is 8.72. The third-order valence-electron chi connectivity index (χ3n) is 3.50. The van der Waals surface area contributed by atoms with Crippen molar-refractivity contribution in [2.45, 2.75) is 38.8 Å². The van der Waals surface area contributed by atoms with Crippen LogP contribution < -0.4 is 0 Å². The molecule has 70 valence electrons. The summed E-state index contributed by atoms with van der Waals surface area (Å²) in [4.78, 5) is 2.42. The van der Waals surface area contributed by atoms with E-state index in [1.54, 1.807) is 0 Å². The molecule has 1 aliphatic heterocycles. The van der Waals surface area contributed by atoms with Gasteiger partial charge in [0, 0.05) is 19.1 Å². The highest BCUT2D eigenvalue weighted by Gasteiger charge is 2.39. The fourth-order valence-electron chi connectivity index (χ4n) is 2.26. The molecule has 2 fully saturated rings. The summed E-state index contributed by atoms with van der Waals surface area (Å²) in [7, 11) is 0. The van der Waals surface area contributed by atoms with Crippen LogP contribution in [0.15, 0.2) is 0 Å². The molecule has 0 amide bonds. The molecule has 1 saturated heterocycles. The lowest BCUT2D eigenvalue weighted by Crippen LogP contribution is -2.59. The van der Waals surface area contributed by atoms with E-state index in [0.29, 0.717) is 0 Å². The van der Waals surface area contributed by atoms with Gasteiger partial charge in [-0.2, -0.15) is 0 Å². The van der Waals surface area contributed by atoms with Crippen molar-refractivity contribution in [3.63, 3.8) is 0 Å². The molecule has 1 N–H and O–H groups in total. The molecule has 0 spiro atoms. The van der Waals surface area contributed by atoms with Gasteiger partial charge in [0.05, 0.1) is 6.10 Å². The Bertz CT molecular complexity index is 157. The third-order valence-corrected chi connectivity index (χ3v) is 3.50. The fraction of sp³-hybridized carbons (Fsp3) is 1.00. The summed E-state index contributed by atoms with van der Waals surface area (Å²) in [5.41, 5.74) is 0. The van der Waals surface area contributed by atoms with E-state index >= 15 is 0 Å². The Morgan fingerprint density at radius 1 is 1.25 bits per heavy atom. The van der Waals surface area contributed by atoms with Crippen LogP contribution in [-0.4, -0.2) is 35.2 Å². The van der Waals surface area contributed by atoms with Gasteiger partial charge in [0.1, 0.15) is 0 Å². The van der Waals surface area contributed by atoms with Gasteiger partial charge in [-0.3, -0.25) is 4.90 Å². The number of nitrogens with zero attached hydrogens (tertiary/aromatic N) is 1. The minimum Gasteiger partial charge on any atom is -0.390 e. The predicted molar refractivity (Wildman–Crippen MR) is 48.9 cm³/mol. The van der Waals surface area contributed by atoms with Crippen LogP contribution >= 0.6 is 0 Å². The van der Waals surface area contributed by atoms with Gasteiger partial charge in [-0.25, -0.2) is 0 Å². The molecule has 2 heteroatoms. The summed E-state index contributed by atoms with van der Waals surface area (Å²) in [5, 5.41) is 9.12. The molecule has 2 rings (SSSR count). The van der Waals surface area contributed by atoms with E-state index in [0.717, 1.165) is 31.0 Å². The SMILES string of the molecule is CC(C)[C@H]1C[C@@H](N2CC(O)C2)C1. The van der Waals surface area contributed by atoms with Crippen LogP contribution in [0.5, 0.6) is 0 Å². The maximum atomic E-state index is 9.12. The van der Waals surface area contributed by atoms with Crippen molar-refractivity contribution in [1.29, 1.82) is 0 Å². The average molecular weight is 169 g/mol. The van der Waals surface area contributed by atoms with Crippen LogP contribution in [0.3, 0.4) is 0 Å². The first-order valence-electron chi connectivity index (χ1n) is 5.09. The summed E-state index contributed by atoms with van der Waals surface area (Å²) in [6.45, 7) is 6.47. The standard InChI is InChI=1S/C10H19NO/c1-7(2)8-3-9(4-8)11-5-10(12)6-11/h7-10,12H,3-6H2,1-2H3/t8-,9+. The largest absolute Gasteiger partial charge is 0.390 e. The predicted octanol–water partition coefficient (Wildman–Crippen LogP) is 1.10. The van der Waals surface area contributed by atoms with E-state index in [2.05, 4.69) is 18.7 Å². The van der Waals surface area contributed by atoms with Crippen molar-refractivity contribution >= 4 is 0 Å². The molecule has 12 heavy (non-hydrogen) atoms. The van der Waals surface area contributed by atoms with Crippen LogP contribution in [0.4, 0.5) is 0 Å². The van der Waals surface area contributed by atoms with E-state index in [4.69, 9.17) is 5.11 Å². The van der Waals surface area contributed by atoms with Crippen LogP contribution in [0.2, 0.25) is 0 Å². The topological polar surface area (TPSA) is 23.5 Å². The third kappa shape index (κ3) is 1.38. The second-order valence-corrected chi connectivity index (χ2v) is 4.74. The average Bonchev–Trinajstić information content (AvgIpc) is 1.79. The zero-order valence-electron chi connectivity index (χ0n) is 8.03. The van der Waals surface area contributed by atoms with E-state index in [1.165, 1.54) is 12.8 Å². The second kappa shape index (κ2) is 3.00. The highest BCUT2D eigenvalue weighted by Crippen LogP contribution is 2.38. The van der Waals surface area contributed by atoms with E-state index < -0.39 is 0 Å². The van der Waals surface area contributed by atoms with Crippen molar-refractivity contribution in [1.82, 2.24) is 4.90 Å². The summed E-state index contributed by atoms with van der Waals surface area (Å²) < 4.78 is 0. The fourth-order valence-corrected chi connectivity index (χ4v) is 2.26. The van der Waals surface area contributed by atoms with Gasteiger partial charge in [0.2, 0.25) is 0 Å². The lowest BCUT2D eigenvalue weighted by atomic mass is 9.72. The number of hydrogen-bond donors (Lipinski definition) is 1. The van der Waals surface area contributed by atoms with Gasteiger partial charge in [-0.1, -0.05) is 13.8 Å². The summed E-state index contributed by atoms with van der Waals surface area (Å²) >= 11 is 0. The van der Waals surface area contributed by atoms with Crippen molar-refractivity contribution < 1.29 is 5.11 Å². The first-order valence-corrected chi connectivity index (χ1v) is 5.09. The Kier molecular flexibility index (Phi) is 2.13. The first kappa shape index (κ1) is 8.52. The second-order valence-electron chi connectivity index (χ2n) is 4.74. The summed E-state index contributed by atoms with van der Waals surface area (Å²) in [6, 6.07) is 0.806. The number of likely N-dealkylation sites (tertiary alicyclic amines) is 1. The van der Waals surface area contributed by atoms with Crippen molar-refractivity contribution in [2.75, 3.05) is 13.1 Å². The lowest BCUT2D eigenvalue weighted by Gasteiger charge is -2.50. The first-order chi connectivity index (χ1) is 5.66. The van der Waals surface area contributed by atoms with Gasteiger partial charge in [0.25, 0.3) is 0 Å². The number of β-amino-alcohol motifs (C(OH)–C–C–N with tert-alkyl or cyclic N) is 1. The van der Waals surface area contributed by atoms with E-state index in [1.807, 2.05) is 0 Å². The Morgan fingerprint density at radius 2 is 1.83 bits per heavy atom. The Balaban J connectivity index is 1.68. The molecule has 0 aromatic heterocycles. The molecular weight excluding hydrogens is 150 g/mol. The molecule has 1 heterocycles. The van der Waals surface area contributed by atoms with E-state index in [9.17, 15) is 0 Å². The Hall–Kier alpha value is -0.0800. The molecular formula is C10H19NO. The van der Waals surface area contributed by atoms with Crippen LogP contribution in [-0.2, 0) is 0 Å². The highest BCUT2D eigenvalue weighted by atomic mass is 16.3. The molecule has 0 radical (unpaired) electrons. The molecule has 0 unspecified atom stereocenters. The van der Waals surface area contributed by atoms with Gasteiger partial charge < -0.3 is 5.11 Å². The molecule has 1 saturated carbocycles. The van der Waals surface area contributed by atoms with Crippen molar-refractivity contribution in [3.05, 3.63) is 0 Å². The minimum absolute atomic E-state index is 0.0249. The molecule has 0 aromatic rings. The molecule has 1 aliphatic carbocycles. The monoisotopic (exact) mass is 169 g/mol. The van der Waals surface area contributed by atoms with E-state index in [-0.39, 0.29) is 6.10 Å². The Morgan fingerprint density at radius 3 is 2.25 bits per heavy atom. The normalized spacial score (nSPS) is 38.0. The lowest BCUT2D eigenvalue weighted by molar-refractivity contribution is -0.0646. The maximum absolute atomic E-state index is 9.12. The number of hydrogen-bond acceptors (Lipinski definition) is 2. The van der Waals surface area contributed by atoms with Crippen molar-refractivity contribution in [3.8, 4) is 0 Å². The summed E-state index contributed by atoms with van der Waals surface area (Å²) in [5.74, 6) is 1.81. The highest BCUT2D eigenvalue weighted by molar-refractivity contribution is 4.94. The van der Waals surface area contributed by atoms with Crippen LogP contribution in [0.1, 0.15) is 26.7 Å². The molecule has 0 aromatic carbocycles. The van der Waals surface area contributed by atoms with Gasteiger partial charge >= 0.3 is 0 Å². The molecule has 2 aliphatic rings. The number of aliphatic hydroxyl groups excluding tert-OH is 1. The molecule has 0 atom stereocenters. The number of aliphatic hydroxyl groups is 1. The summed E-state index contributed by atoms with van der Waals surface area (Å²) in [6.07, 6.45) is 2.71. The molecule has 0 bridgehead atoms. The van der Waals surface area contributed by atoms with Crippen molar-refractivity contribution in [2.24, 2.45) is 11.8 Å². The number of rotatable bonds is 2. The molecule has 2 nitrogen and oxygen atoms in total.